The fourth-order valence-electron chi connectivity index (χ4n) is 2.19. The number of furan rings is 1. The predicted octanol–water partition coefficient (Wildman–Crippen LogP) is 2.77. The summed E-state index contributed by atoms with van der Waals surface area (Å²) in [5.41, 5.74) is 0. The number of esters is 1. The maximum Gasteiger partial charge on any atom is 0.401 e. The Hall–Kier alpha value is -1.50. The summed E-state index contributed by atoms with van der Waals surface area (Å²) in [5.74, 6) is 0.171. The number of carbonyl (C=O) groups is 1. The summed E-state index contributed by atoms with van der Waals surface area (Å²) in [6.07, 6.45) is -3.73. The first-order chi connectivity index (χ1) is 9.33. The average Bonchev–Trinajstić information content (AvgIpc) is 2.77. The quantitative estimate of drug-likeness (QED) is 0.803. The summed E-state index contributed by atoms with van der Waals surface area (Å²) >= 11 is 0. The minimum absolute atomic E-state index is 0.125. The number of hydrogen-bond donors (Lipinski definition) is 0. The van der Waals surface area contributed by atoms with Crippen LogP contribution in [0.5, 0.6) is 0 Å². The van der Waals surface area contributed by atoms with Crippen molar-refractivity contribution in [3.05, 3.63) is 23.7 Å². The molecule has 20 heavy (non-hydrogen) atoms. The molecule has 7 heteroatoms. The number of nitrogens with zero attached hydrogens (tertiary/aromatic N) is 1. The summed E-state index contributed by atoms with van der Waals surface area (Å²) in [6, 6.07) is 3.18. The fraction of sp³-hybridized carbons (Fsp3) is 0.615. The highest BCUT2D eigenvalue weighted by Gasteiger charge is 2.33. The highest BCUT2D eigenvalue weighted by atomic mass is 19.4. The summed E-state index contributed by atoms with van der Waals surface area (Å²) < 4.78 is 47.1. The largest absolute Gasteiger partial charge is 0.456 e. The third-order valence-electron chi connectivity index (χ3n) is 3.15. The van der Waals surface area contributed by atoms with E-state index in [2.05, 4.69) is 0 Å². The number of aryl methyl sites for hydroxylation is 1. The van der Waals surface area contributed by atoms with Gasteiger partial charge in [-0.3, -0.25) is 4.90 Å². The van der Waals surface area contributed by atoms with Gasteiger partial charge in [0.1, 0.15) is 11.9 Å². The smallest absolute Gasteiger partial charge is 0.401 e. The van der Waals surface area contributed by atoms with Crippen LogP contribution in [0.15, 0.2) is 16.5 Å². The Labute approximate surface area is 114 Å². The monoisotopic (exact) mass is 291 g/mol. The minimum atomic E-state index is -4.19. The molecule has 2 rings (SSSR count). The van der Waals surface area contributed by atoms with Gasteiger partial charge in [-0.2, -0.15) is 13.2 Å². The molecule has 0 amide bonds. The van der Waals surface area contributed by atoms with Gasteiger partial charge in [0.25, 0.3) is 0 Å². The van der Waals surface area contributed by atoms with Crippen molar-refractivity contribution in [2.24, 2.45) is 0 Å². The van der Waals surface area contributed by atoms with E-state index in [0.29, 0.717) is 18.6 Å². The lowest BCUT2D eigenvalue weighted by atomic mass is 10.1. The van der Waals surface area contributed by atoms with Gasteiger partial charge in [0.2, 0.25) is 5.76 Å². The Kier molecular flexibility index (Phi) is 4.37. The van der Waals surface area contributed by atoms with E-state index in [-0.39, 0.29) is 25.0 Å². The van der Waals surface area contributed by atoms with Crippen LogP contribution in [-0.2, 0) is 4.74 Å². The fourth-order valence-corrected chi connectivity index (χ4v) is 2.19. The van der Waals surface area contributed by atoms with E-state index in [1.165, 1.54) is 11.0 Å². The number of piperidine rings is 1. The van der Waals surface area contributed by atoms with Crippen LogP contribution in [0, 0.1) is 6.92 Å². The van der Waals surface area contributed by atoms with E-state index in [0.717, 1.165) is 0 Å². The number of hydrogen-bond acceptors (Lipinski definition) is 4. The van der Waals surface area contributed by atoms with Crippen molar-refractivity contribution < 1.29 is 27.1 Å². The second kappa shape index (κ2) is 5.87. The average molecular weight is 291 g/mol. The lowest BCUT2D eigenvalue weighted by Crippen LogP contribution is -2.42. The van der Waals surface area contributed by atoms with Gasteiger partial charge in [0, 0.05) is 13.1 Å². The van der Waals surface area contributed by atoms with Gasteiger partial charge >= 0.3 is 12.1 Å². The maximum absolute atomic E-state index is 12.2. The Morgan fingerprint density at radius 1 is 1.40 bits per heavy atom. The van der Waals surface area contributed by atoms with Crippen LogP contribution >= 0.6 is 0 Å². The topological polar surface area (TPSA) is 42.7 Å². The third-order valence-corrected chi connectivity index (χ3v) is 3.15. The van der Waals surface area contributed by atoms with Crippen LogP contribution < -0.4 is 0 Å². The zero-order chi connectivity index (χ0) is 14.8. The van der Waals surface area contributed by atoms with Crippen molar-refractivity contribution in [2.45, 2.75) is 32.0 Å². The van der Waals surface area contributed by atoms with Gasteiger partial charge in [0.05, 0.1) is 6.54 Å². The van der Waals surface area contributed by atoms with E-state index in [1.54, 1.807) is 13.0 Å². The van der Waals surface area contributed by atoms with Crippen LogP contribution in [0.25, 0.3) is 0 Å². The summed E-state index contributed by atoms with van der Waals surface area (Å²) in [4.78, 5) is 13.0. The Balaban J connectivity index is 1.78. The zero-order valence-electron chi connectivity index (χ0n) is 11.1. The lowest BCUT2D eigenvalue weighted by Gasteiger charge is -2.31. The molecule has 1 aliphatic heterocycles. The summed E-state index contributed by atoms with van der Waals surface area (Å²) in [7, 11) is 0. The zero-order valence-corrected chi connectivity index (χ0v) is 11.1. The SMILES string of the molecule is Cc1ccc(C(=O)OC2CCN(CC(F)(F)F)CC2)o1. The molecule has 0 aliphatic carbocycles. The molecule has 1 aromatic heterocycles. The van der Waals surface area contributed by atoms with E-state index < -0.39 is 18.7 Å². The summed E-state index contributed by atoms with van der Waals surface area (Å²) in [5, 5.41) is 0. The second-order valence-corrected chi connectivity index (χ2v) is 4.91. The number of rotatable bonds is 3. The van der Waals surface area contributed by atoms with Gasteiger partial charge in [0.15, 0.2) is 0 Å². The highest BCUT2D eigenvalue weighted by molar-refractivity contribution is 5.86. The van der Waals surface area contributed by atoms with Gasteiger partial charge in [-0.05, 0) is 31.9 Å². The molecular formula is C13H16F3NO3. The molecule has 0 bridgehead atoms. The van der Waals surface area contributed by atoms with Gasteiger partial charge in [-0.25, -0.2) is 4.79 Å². The maximum atomic E-state index is 12.2. The Morgan fingerprint density at radius 2 is 2.05 bits per heavy atom. The van der Waals surface area contributed by atoms with Crippen molar-refractivity contribution in [2.75, 3.05) is 19.6 Å². The first kappa shape index (κ1) is 14.9. The number of likely N-dealkylation sites (tertiary alicyclic amines) is 1. The number of carbonyl (C=O) groups excluding carboxylic acids is 1. The van der Waals surface area contributed by atoms with Crippen molar-refractivity contribution in [3.63, 3.8) is 0 Å². The highest BCUT2D eigenvalue weighted by Crippen LogP contribution is 2.21. The number of ether oxygens (including phenoxy) is 1. The van der Waals surface area contributed by atoms with Crippen LogP contribution in [-0.4, -0.2) is 42.8 Å². The number of alkyl halides is 3. The summed E-state index contributed by atoms with van der Waals surface area (Å²) in [6.45, 7) is 1.35. The second-order valence-electron chi connectivity index (χ2n) is 4.91. The lowest BCUT2D eigenvalue weighted by molar-refractivity contribution is -0.150. The van der Waals surface area contributed by atoms with E-state index >= 15 is 0 Å². The van der Waals surface area contributed by atoms with Gasteiger partial charge < -0.3 is 9.15 Å². The normalized spacial score (nSPS) is 18.2. The van der Waals surface area contributed by atoms with Crippen LogP contribution in [0.4, 0.5) is 13.2 Å². The number of halogens is 3. The van der Waals surface area contributed by atoms with Gasteiger partial charge in [-0.1, -0.05) is 0 Å². The van der Waals surface area contributed by atoms with Crippen LogP contribution in [0.2, 0.25) is 0 Å². The van der Waals surface area contributed by atoms with Crippen molar-refractivity contribution >= 4 is 5.97 Å². The third kappa shape index (κ3) is 4.26. The van der Waals surface area contributed by atoms with Gasteiger partial charge in [-0.15, -0.1) is 0 Å². The first-order valence-corrected chi connectivity index (χ1v) is 6.40. The molecular weight excluding hydrogens is 275 g/mol. The molecule has 0 radical (unpaired) electrons. The molecule has 1 aliphatic rings. The molecule has 0 N–H and O–H groups in total. The Morgan fingerprint density at radius 3 is 2.55 bits per heavy atom. The molecule has 112 valence electrons. The Bertz CT molecular complexity index is 462. The van der Waals surface area contributed by atoms with Crippen LogP contribution in [0.3, 0.4) is 0 Å². The molecule has 0 atom stereocenters. The minimum Gasteiger partial charge on any atom is -0.456 e. The van der Waals surface area contributed by atoms with Crippen molar-refractivity contribution in [1.29, 1.82) is 0 Å². The van der Waals surface area contributed by atoms with E-state index in [4.69, 9.17) is 9.15 Å². The molecule has 1 fully saturated rings. The predicted molar refractivity (Wildman–Crippen MR) is 64.4 cm³/mol. The molecule has 4 nitrogen and oxygen atoms in total. The molecule has 0 aromatic carbocycles. The van der Waals surface area contributed by atoms with E-state index in [1.807, 2.05) is 0 Å². The first-order valence-electron chi connectivity index (χ1n) is 6.40. The molecule has 0 spiro atoms. The molecule has 1 saturated heterocycles. The van der Waals surface area contributed by atoms with Crippen molar-refractivity contribution in [1.82, 2.24) is 4.90 Å². The molecule has 1 aromatic rings. The molecule has 0 saturated carbocycles. The molecule has 0 unspecified atom stereocenters. The molecule has 2 heterocycles. The standard InChI is InChI=1S/C13H16F3NO3/c1-9-2-3-11(19-9)12(18)20-10-4-6-17(7-5-10)8-13(14,15)16/h2-3,10H,4-8H2,1H3. The van der Waals surface area contributed by atoms with Crippen LogP contribution in [0.1, 0.15) is 29.2 Å². The van der Waals surface area contributed by atoms with E-state index in [9.17, 15) is 18.0 Å². The van der Waals surface area contributed by atoms with Crippen molar-refractivity contribution in [3.8, 4) is 0 Å².